The van der Waals surface area contributed by atoms with Gasteiger partial charge < -0.3 is 10.6 Å². The van der Waals surface area contributed by atoms with Crippen LogP contribution in [0.15, 0.2) is 54.9 Å². The van der Waals surface area contributed by atoms with Gasteiger partial charge in [0.05, 0.1) is 0 Å². The lowest BCUT2D eigenvalue weighted by Gasteiger charge is -2.46. The molecule has 2 aromatic rings. The number of benzene rings is 1. The van der Waals surface area contributed by atoms with E-state index in [9.17, 15) is 4.79 Å². The third kappa shape index (κ3) is 8.04. The fraction of sp³-hybridized carbons (Fsp3) is 0.520. The second kappa shape index (κ2) is 13.8. The molecule has 1 aromatic carbocycles. The van der Waals surface area contributed by atoms with Gasteiger partial charge in [-0.25, -0.2) is 0 Å². The molecule has 32 heavy (non-hydrogen) atoms. The van der Waals surface area contributed by atoms with E-state index in [2.05, 4.69) is 50.8 Å². The van der Waals surface area contributed by atoms with E-state index in [1.807, 2.05) is 18.3 Å². The van der Waals surface area contributed by atoms with Gasteiger partial charge in [-0.05, 0) is 61.3 Å². The molecule has 1 amide bonds. The summed E-state index contributed by atoms with van der Waals surface area (Å²) in [5.41, 5.74) is 2.57. The van der Waals surface area contributed by atoms with Crippen LogP contribution >= 0.6 is 24.8 Å². The minimum absolute atomic E-state index is 0. The van der Waals surface area contributed by atoms with Crippen molar-refractivity contribution in [3.05, 3.63) is 66.0 Å². The van der Waals surface area contributed by atoms with E-state index >= 15 is 0 Å². The molecule has 0 unspecified atom stereocenters. The van der Waals surface area contributed by atoms with Crippen LogP contribution in [0.25, 0.3) is 0 Å². The van der Waals surface area contributed by atoms with Crippen LogP contribution in [0.3, 0.4) is 0 Å². The summed E-state index contributed by atoms with van der Waals surface area (Å²) in [5.74, 6) is 1.64. The summed E-state index contributed by atoms with van der Waals surface area (Å²) in [6, 6.07) is 15.3. The molecule has 2 fully saturated rings. The van der Waals surface area contributed by atoms with Crippen LogP contribution < -0.4 is 10.6 Å². The van der Waals surface area contributed by atoms with Crippen LogP contribution in [0.2, 0.25) is 0 Å². The zero-order valence-electron chi connectivity index (χ0n) is 18.6. The molecule has 7 heteroatoms. The Bertz CT molecular complexity index is 793. The number of halogens is 2. The van der Waals surface area contributed by atoms with Crippen molar-refractivity contribution in [3.63, 3.8) is 0 Å². The summed E-state index contributed by atoms with van der Waals surface area (Å²) in [6.45, 7) is 5.22. The smallest absolute Gasteiger partial charge is 0.220 e. The lowest BCUT2D eigenvalue weighted by Crippen LogP contribution is -2.55. The van der Waals surface area contributed by atoms with Gasteiger partial charge in [0, 0.05) is 51.0 Å². The Labute approximate surface area is 204 Å². The largest absolute Gasteiger partial charge is 0.356 e. The molecule has 2 saturated heterocycles. The number of carbonyl (C=O) groups excluding carboxylic acids is 1. The first-order valence-corrected chi connectivity index (χ1v) is 11.4. The number of pyridine rings is 1. The van der Waals surface area contributed by atoms with Crippen molar-refractivity contribution in [1.82, 2.24) is 20.5 Å². The van der Waals surface area contributed by atoms with Crippen molar-refractivity contribution in [2.75, 3.05) is 26.2 Å². The SMILES string of the molecule is Cl.Cl.O=C(CCC[C@H]1NC[C@@H]2C[C@H]1CN(Cc1ccccc1)C2)NCCc1cccnc1. The average molecular weight is 479 g/mol. The van der Waals surface area contributed by atoms with Gasteiger partial charge in [0.15, 0.2) is 0 Å². The number of nitrogens with zero attached hydrogens (tertiary/aromatic N) is 2. The predicted octanol–water partition coefficient (Wildman–Crippen LogP) is 3.86. The number of rotatable bonds is 9. The Balaban J connectivity index is 0.00000181. The van der Waals surface area contributed by atoms with E-state index in [-0.39, 0.29) is 30.7 Å². The standard InChI is InChI=1S/C25H34N4O.2ClH/c30-25(27-13-11-20-8-5-12-26-15-20)10-4-9-24-23-14-22(16-28-24)18-29(19-23)17-21-6-2-1-3-7-21;;/h1-3,5-8,12,15,22-24,28H,4,9-11,13-14,16-19H2,(H,27,30);2*1H/t22-,23-,24+;;/m0../s1. The van der Waals surface area contributed by atoms with Crippen LogP contribution in [-0.4, -0.2) is 48.0 Å². The Kier molecular flexibility index (Phi) is 11.5. The van der Waals surface area contributed by atoms with E-state index in [0.717, 1.165) is 43.8 Å². The molecule has 0 aliphatic carbocycles. The van der Waals surface area contributed by atoms with E-state index in [4.69, 9.17) is 0 Å². The Morgan fingerprint density at radius 1 is 1.09 bits per heavy atom. The van der Waals surface area contributed by atoms with Crippen LogP contribution in [0.5, 0.6) is 0 Å². The van der Waals surface area contributed by atoms with Gasteiger partial charge in [-0.15, -0.1) is 24.8 Å². The fourth-order valence-corrected chi connectivity index (χ4v) is 5.04. The third-order valence-electron chi connectivity index (χ3n) is 6.51. The van der Waals surface area contributed by atoms with E-state index < -0.39 is 0 Å². The van der Waals surface area contributed by atoms with Crippen molar-refractivity contribution in [3.8, 4) is 0 Å². The molecule has 5 nitrogen and oxygen atoms in total. The van der Waals surface area contributed by atoms with Crippen LogP contribution in [0, 0.1) is 11.8 Å². The second-order valence-corrected chi connectivity index (χ2v) is 8.91. The molecule has 1 aromatic heterocycles. The number of amides is 1. The third-order valence-corrected chi connectivity index (χ3v) is 6.51. The second-order valence-electron chi connectivity index (χ2n) is 8.91. The fourth-order valence-electron chi connectivity index (χ4n) is 5.04. The molecule has 2 N–H and O–H groups in total. The monoisotopic (exact) mass is 478 g/mol. The number of hydrogen-bond donors (Lipinski definition) is 2. The number of aromatic nitrogens is 1. The summed E-state index contributed by atoms with van der Waals surface area (Å²) in [5, 5.41) is 6.83. The number of nitrogens with one attached hydrogen (secondary N) is 2. The van der Waals surface area contributed by atoms with Crippen LogP contribution in [0.4, 0.5) is 0 Å². The van der Waals surface area contributed by atoms with Gasteiger partial charge in [-0.3, -0.25) is 14.7 Å². The van der Waals surface area contributed by atoms with Crippen molar-refractivity contribution in [2.24, 2.45) is 11.8 Å². The topological polar surface area (TPSA) is 57.3 Å². The van der Waals surface area contributed by atoms with Gasteiger partial charge in [0.1, 0.15) is 0 Å². The average Bonchev–Trinajstić information content (AvgIpc) is 2.77. The molecular weight excluding hydrogens is 443 g/mol. The minimum atomic E-state index is 0. The number of carbonyl (C=O) groups is 1. The van der Waals surface area contributed by atoms with Crippen molar-refractivity contribution in [2.45, 2.75) is 44.7 Å². The molecule has 0 radical (unpaired) electrons. The van der Waals surface area contributed by atoms with Crippen LogP contribution in [0.1, 0.15) is 36.8 Å². The van der Waals surface area contributed by atoms with Crippen molar-refractivity contribution >= 4 is 30.7 Å². The van der Waals surface area contributed by atoms with Crippen molar-refractivity contribution in [1.29, 1.82) is 0 Å². The highest BCUT2D eigenvalue weighted by Gasteiger charge is 2.35. The molecule has 4 rings (SSSR count). The van der Waals surface area contributed by atoms with E-state index in [0.29, 0.717) is 24.9 Å². The molecule has 2 aliphatic rings. The highest BCUT2D eigenvalue weighted by molar-refractivity contribution is 5.85. The molecule has 2 bridgehead atoms. The highest BCUT2D eigenvalue weighted by atomic mass is 35.5. The van der Waals surface area contributed by atoms with Gasteiger partial charge in [-0.1, -0.05) is 36.4 Å². The van der Waals surface area contributed by atoms with Gasteiger partial charge in [0.2, 0.25) is 5.91 Å². The maximum absolute atomic E-state index is 12.2. The first-order chi connectivity index (χ1) is 14.8. The molecular formula is C25H36Cl2N4O. The molecule has 3 heterocycles. The molecule has 3 atom stereocenters. The van der Waals surface area contributed by atoms with Crippen molar-refractivity contribution < 1.29 is 4.79 Å². The summed E-state index contributed by atoms with van der Waals surface area (Å²) < 4.78 is 0. The van der Waals surface area contributed by atoms with Gasteiger partial charge in [-0.2, -0.15) is 0 Å². The highest BCUT2D eigenvalue weighted by Crippen LogP contribution is 2.31. The minimum Gasteiger partial charge on any atom is -0.356 e. The number of fused-ring (bicyclic) bond motifs is 2. The normalized spacial score (nSPS) is 22.3. The maximum atomic E-state index is 12.2. The summed E-state index contributed by atoms with van der Waals surface area (Å²) in [7, 11) is 0. The molecule has 176 valence electrons. The number of piperidine rings is 2. The summed E-state index contributed by atoms with van der Waals surface area (Å²) >= 11 is 0. The Morgan fingerprint density at radius 2 is 1.91 bits per heavy atom. The maximum Gasteiger partial charge on any atom is 0.220 e. The van der Waals surface area contributed by atoms with Gasteiger partial charge >= 0.3 is 0 Å². The molecule has 0 saturated carbocycles. The predicted molar refractivity (Wildman–Crippen MR) is 134 cm³/mol. The molecule has 0 spiro atoms. The summed E-state index contributed by atoms with van der Waals surface area (Å²) in [4.78, 5) is 18.9. The van der Waals surface area contributed by atoms with E-state index in [1.165, 1.54) is 25.1 Å². The first kappa shape index (κ1) is 26.6. The van der Waals surface area contributed by atoms with E-state index in [1.54, 1.807) is 6.20 Å². The number of hydrogen-bond acceptors (Lipinski definition) is 4. The first-order valence-electron chi connectivity index (χ1n) is 11.4. The Morgan fingerprint density at radius 3 is 2.69 bits per heavy atom. The van der Waals surface area contributed by atoms with Crippen LogP contribution in [-0.2, 0) is 17.8 Å². The lowest BCUT2D eigenvalue weighted by atomic mass is 9.79. The zero-order chi connectivity index (χ0) is 20.6. The molecule has 2 aliphatic heterocycles. The Hall–Kier alpha value is -1.66. The lowest BCUT2D eigenvalue weighted by molar-refractivity contribution is -0.121. The quantitative estimate of drug-likeness (QED) is 0.574. The number of likely N-dealkylation sites (tertiary alicyclic amines) is 1. The van der Waals surface area contributed by atoms with Gasteiger partial charge in [0.25, 0.3) is 0 Å². The zero-order valence-corrected chi connectivity index (χ0v) is 20.3. The summed E-state index contributed by atoms with van der Waals surface area (Å²) in [6.07, 6.45) is 8.47.